The molecule has 0 spiro atoms. The van der Waals surface area contributed by atoms with Gasteiger partial charge < -0.3 is 10.1 Å². The molecule has 2 aromatic carbocycles. The van der Waals surface area contributed by atoms with Crippen molar-refractivity contribution >= 4 is 22.9 Å². The van der Waals surface area contributed by atoms with E-state index in [1.165, 1.54) is 23.0 Å². The number of benzene rings is 2. The second-order valence-corrected chi connectivity index (χ2v) is 7.82. The summed E-state index contributed by atoms with van der Waals surface area (Å²) < 4.78 is 20.9. The van der Waals surface area contributed by atoms with Crippen LogP contribution in [0.5, 0.6) is 5.75 Å². The highest BCUT2D eigenvalue weighted by molar-refractivity contribution is 7.12. The Labute approximate surface area is 177 Å². The number of hydrogen-bond donors (Lipinski definition) is 1. The van der Waals surface area contributed by atoms with Gasteiger partial charge in [-0.2, -0.15) is 5.10 Å². The normalized spacial score (nSPS) is 10.7. The molecule has 0 saturated heterocycles. The molecule has 30 heavy (non-hydrogen) atoms. The van der Waals surface area contributed by atoms with E-state index < -0.39 is 5.82 Å². The van der Waals surface area contributed by atoms with Gasteiger partial charge in [0.2, 0.25) is 0 Å². The van der Waals surface area contributed by atoms with Crippen LogP contribution in [0.1, 0.15) is 26.4 Å². The van der Waals surface area contributed by atoms with Gasteiger partial charge in [-0.05, 0) is 36.1 Å². The van der Waals surface area contributed by atoms with Crippen LogP contribution in [0.15, 0.2) is 72.4 Å². The quantitative estimate of drug-likeness (QED) is 0.442. The third-order valence-electron chi connectivity index (χ3n) is 4.46. The highest BCUT2D eigenvalue weighted by atomic mass is 32.1. The van der Waals surface area contributed by atoms with E-state index in [9.17, 15) is 9.18 Å². The van der Waals surface area contributed by atoms with Gasteiger partial charge in [0.25, 0.3) is 5.91 Å². The molecule has 0 bridgehead atoms. The standard InChI is InChI=1S/C23H20FN3O2S/c1-16-6-8-17(9-7-16)12-27-13-19(11-25-27)26-23(28)22-10-18(15-30-22)14-29-21-5-3-2-4-20(21)24/h2-11,13,15H,12,14H2,1H3,(H,26,28). The lowest BCUT2D eigenvalue weighted by Crippen LogP contribution is -2.09. The molecule has 152 valence electrons. The van der Waals surface area contributed by atoms with Gasteiger partial charge in [0.05, 0.1) is 23.3 Å². The third-order valence-corrected chi connectivity index (χ3v) is 5.44. The average molecular weight is 421 g/mol. The van der Waals surface area contributed by atoms with E-state index >= 15 is 0 Å². The largest absolute Gasteiger partial charge is 0.486 e. The Balaban J connectivity index is 1.34. The molecular formula is C23H20FN3O2S. The van der Waals surface area contributed by atoms with Gasteiger partial charge in [-0.15, -0.1) is 11.3 Å². The van der Waals surface area contributed by atoms with Crippen LogP contribution >= 0.6 is 11.3 Å². The number of hydrogen-bond acceptors (Lipinski definition) is 4. The lowest BCUT2D eigenvalue weighted by molar-refractivity contribution is 0.103. The Morgan fingerprint density at radius 2 is 1.97 bits per heavy atom. The molecule has 5 nitrogen and oxygen atoms in total. The Hall–Kier alpha value is -3.45. The van der Waals surface area contributed by atoms with E-state index in [4.69, 9.17) is 4.74 Å². The van der Waals surface area contributed by atoms with E-state index in [1.54, 1.807) is 41.3 Å². The van der Waals surface area contributed by atoms with E-state index in [2.05, 4.69) is 34.7 Å². The molecule has 4 rings (SSSR count). The molecule has 1 N–H and O–H groups in total. The molecule has 2 heterocycles. The lowest BCUT2D eigenvalue weighted by Gasteiger charge is -2.05. The molecule has 0 aliphatic heterocycles. The minimum absolute atomic E-state index is 0.190. The van der Waals surface area contributed by atoms with Gasteiger partial charge in [-0.1, -0.05) is 42.0 Å². The first-order valence-corrected chi connectivity index (χ1v) is 10.3. The highest BCUT2D eigenvalue weighted by Crippen LogP contribution is 2.21. The second kappa shape index (κ2) is 8.92. The predicted molar refractivity (Wildman–Crippen MR) is 116 cm³/mol. The zero-order valence-electron chi connectivity index (χ0n) is 16.3. The Bertz CT molecular complexity index is 1150. The number of anilines is 1. The van der Waals surface area contributed by atoms with Gasteiger partial charge in [0.15, 0.2) is 11.6 Å². The van der Waals surface area contributed by atoms with Crippen LogP contribution in [-0.2, 0) is 13.2 Å². The van der Waals surface area contributed by atoms with Crippen molar-refractivity contribution in [2.24, 2.45) is 0 Å². The van der Waals surface area contributed by atoms with Crippen molar-refractivity contribution in [2.75, 3.05) is 5.32 Å². The maximum absolute atomic E-state index is 13.6. The first-order valence-electron chi connectivity index (χ1n) is 9.41. The number of rotatable bonds is 7. The smallest absolute Gasteiger partial charge is 0.265 e. The summed E-state index contributed by atoms with van der Waals surface area (Å²) >= 11 is 1.31. The average Bonchev–Trinajstić information content (AvgIpc) is 3.39. The number of amides is 1. The Morgan fingerprint density at radius 1 is 1.17 bits per heavy atom. The summed E-state index contributed by atoms with van der Waals surface area (Å²) in [6, 6.07) is 16.2. The zero-order valence-corrected chi connectivity index (χ0v) is 17.2. The fourth-order valence-corrected chi connectivity index (χ4v) is 3.67. The number of aromatic nitrogens is 2. The number of carbonyl (C=O) groups excluding carboxylic acids is 1. The molecule has 4 aromatic rings. The topological polar surface area (TPSA) is 56.2 Å². The molecule has 0 saturated carbocycles. The maximum atomic E-state index is 13.6. The number of halogens is 1. The predicted octanol–water partition coefficient (Wildman–Crippen LogP) is 5.27. The molecule has 0 aliphatic rings. The van der Waals surface area contributed by atoms with Crippen molar-refractivity contribution in [3.63, 3.8) is 0 Å². The van der Waals surface area contributed by atoms with Crippen LogP contribution in [0.25, 0.3) is 0 Å². The Kier molecular flexibility index (Phi) is 5.90. The summed E-state index contributed by atoms with van der Waals surface area (Å²) in [4.78, 5) is 13.1. The summed E-state index contributed by atoms with van der Waals surface area (Å²) in [5.74, 6) is -0.434. The molecule has 7 heteroatoms. The molecule has 0 aliphatic carbocycles. The molecule has 2 aromatic heterocycles. The van der Waals surface area contributed by atoms with Crippen molar-refractivity contribution < 1.29 is 13.9 Å². The van der Waals surface area contributed by atoms with Gasteiger partial charge in [-0.3, -0.25) is 9.48 Å². The Morgan fingerprint density at radius 3 is 2.77 bits per heavy atom. The van der Waals surface area contributed by atoms with E-state index in [0.29, 0.717) is 17.1 Å². The molecular weight excluding hydrogens is 401 g/mol. The van der Waals surface area contributed by atoms with Crippen LogP contribution in [0.3, 0.4) is 0 Å². The molecule has 0 radical (unpaired) electrons. The molecule has 1 amide bonds. The van der Waals surface area contributed by atoms with Crippen LogP contribution in [-0.4, -0.2) is 15.7 Å². The summed E-state index contributed by atoms with van der Waals surface area (Å²) in [6.07, 6.45) is 3.43. The summed E-state index contributed by atoms with van der Waals surface area (Å²) in [7, 11) is 0. The van der Waals surface area contributed by atoms with Crippen LogP contribution in [0, 0.1) is 12.7 Å². The third kappa shape index (κ3) is 4.93. The fraction of sp³-hybridized carbons (Fsp3) is 0.130. The van der Waals surface area contributed by atoms with Crippen LogP contribution < -0.4 is 10.1 Å². The van der Waals surface area contributed by atoms with Gasteiger partial charge in [-0.25, -0.2) is 4.39 Å². The minimum Gasteiger partial charge on any atom is -0.486 e. The SMILES string of the molecule is Cc1ccc(Cn2cc(NC(=O)c3cc(COc4ccccc4F)cs3)cn2)cc1. The molecule has 0 unspecified atom stereocenters. The number of thiophene rings is 1. The van der Waals surface area contributed by atoms with Crippen molar-refractivity contribution in [1.82, 2.24) is 9.78 Å². The summed E-state index contributed by atoms with van der Waals surface area (Å²) in [5.41, 5.74) is 3.79. The van der Waals surface area contributed by atoms with Crippen molar-refractivity contribution in [1.29, 1.82) is 0 Å². The first-order chi connectivity index (χ1) is 14.6. The minimum atomic E-state index is -0.409. The number of carbonyl (C=O) groups is 1. The molecule has 0 fully saturated rings. The van der Waals surface area contributed by atoms with Gasteiger partial charge in [0.1, 0.15) is 6.61 Å². The van der Waals surface area contributed by atoms with Gasteiger partial charge >= 0.3 is 0 Å². The summed E-state index contributed by atoms with van der Waals surface area (Å²) in [6.45, 7) is 2.87. The highest BCUT2D eigenvalue weighted by Gasteiger charge is 2.12. The lowest BCUT2D eigenvalue weighted by atomic mass is 10.1. The monoisotopic (exact) mass is 421 g/mol. The van der Waals surface area contributed by atoms with Crippen molar-refractivity contribution in [2.45, 2.75) is 20.1 Å². The fourth-order valence-electron chi connectivity index (χ4n) is 2.88. The van der Waals surface area contributed by atoms with Crippen molar-refractivity contribution in [3.8, 4) is 5.75 Å². The number of aryl methyl sites for hydroxylation is 1. The van der Waals surface area contributed by atoms with Crippen LogP contribution in [0.2, 0.25) is 0 Å². The molecule has 0 atom stereocenters. The number of nitrogens with one attached hydrogen (secondary N) is 1. The summed E-state index contributed by atoms with van der Waals surface area (Å²) in [5, 5.41) is 8.99. The van der Waals surface area contributed by atoms with E-state index in [1.807, 2.05) is 12.3 Å². The number of para-hydroxylation sites is 1. The zero-order chi connectivity index (χ0) is 20.9. The van der Waals surface area contributed by atoms with Crippen molar-refractivity contribution in [3.05, 3.63) is 99.8 Å². The number of nitrogens with zero attached hydrogens (tertiary/aromatic N) is 2. The first kappa shape index (κ1) is 19.8. The van der Waals surface area contributed by atoms with Gasteiger partial charge in [0, 0.05) is 11.8 Å². The van der Waals surface area contributed by atoms with E-state index in [-0.39, 0.29) is 18.3 Å². The maximum Gasteiger partial charge on any atom is 0.265 e. The van der Waals surface area contributed by atoms with Crippen LogP contribution in [0.4, 0.5) is 10.1 Å². The van der Waals surface area contributed by atoms with E-state index in [0.717, 1.165) is 11.1 Å². The second-order valence-electron chi connectivity index (χ2n) is 6.90. The number of ether oxygens (including phenoxy) is 1.